The zero-order chi connectivity index (χ0) is 33.3. The molecule has 3 aromatic carbocycles. The van der Waals surface area contributed by atoms with Crippen LogP contribution in [-0.2, 0) is 10.8 Å². The van der Waals surface area contributed by atoms with Crippen LogP contribution >= 0.6 is 11.8 Å². The summed E-state index contributed by atoms with van der Waals surface area (Å²) in [4.78, 5) is 11.2. The lowest BCUT2D eigenvalue weighted by molar-refractivity contribution is 0.451. The minimum Gasteiger partial charge on any atom is -0.505 e. The average Bonchev–Trinajstić information content (AvgIpc) is 3.28. The van der Waals surface area contributed by atoms with Crippen molar-refractivity contribution in [2.24, 2.45) is 0 Å². The van der Waals surface area contributed by atoms with Gasteiger partial charge in [-0.05, 0) is 94.3 Å². The molecule has 0 radical (unpaired) electrons. The van der Waals surface area contributed by atoms with Crippen LogP contribution in [0.2, 0.25) is 0 Å². The van der Waals surface area contributed by atoms with Crippen molar-refractivity contribution in [2.45, 2.75) is 109 Å². The lowest BCUT2D eigenvalue weighted by atomic mass is 9.82. The molecule has 0 bridgehead atoms. The Labute approximate surface area is 278 Å². The summed E-state index contributed by atoms with van der Waals surface area (Å²) in [5.74, 6) is 1.94. The summed E-state index contributed by atoms with van der Waals surface area (Å²) >= 11 is 1.69. The summed E-state index contributed by atoms with van der Waals surface area (Å²) in [5.41, 5.74) is 8.53. The van der Waals surface area contributed by atoms with Crippen LogP contribution in [0, 0.1) is 6.92 Å². The van der Waals surface area contributed by atoms with Gasteiger partial charge in [0, 0.05) is 32.8 Å². The van der Waals surface area contributed by atoms with Crippen LogP contribution in [0.5, 0.6) is 5.75 Å². The molecule has 4 nitrogen and oxygen atoms in total. The van der Waals surface area contributed by atoms with Crippen LogP contribution in [0.1, 0.15) is 109 Å². The zero-order valence-electron chi connectivity index (χ0n) is 29.2. The van der Waals surface area contributed by atoms with Crippen LogP contribution in [0.25, 0.3) is 38.5 Å². The number of rotatable bonds is 5. The van der Waals surface area contributed by atoms with Gasteiger partial charge in [0.15, 0.2) is 0 Å². The average molecular weight is 630 g/mol. The third-order valence-corrected chi connectivity index (χ3v) is 10.1. The number of pyridine rings is 2. The van der Waals surface area contributed by atoms with Crippen molar-refractivity contribution >= 4 is 44.5 Å². The van der Waals surface area contributed by atoms with Crippen molar-refractivity contribution in [2.75, 3.05) is 0 Å². The highest BCUT2D eigenvalue weighted by atomic mass is 32.2. The van der Waals surface area contributed by atoms with Gasteiger partial charge in [0.25, 0.3) is 0 Å². The Bertz CT molecular complexity index is 2120. The smallest absolute Gasteiger partial charge is 0.145 e. The van der Waals surface area contributed by atoms with E-state index in [1.54, 1.807) is 11.8 Å². The first-order valence-electron chi connectivity index (χ1n) is 16.4. The molecule has 3 heterocycles. The number of phenolic OH excluding ortho intramolecular Hbond substituents is 1. The molecule has 0 aliphatic heterocycles. The lowest BCUT2D eigenvalue weighted by Crippen LogP contribution is -2.14. The maximum atomic E-state index is 11.6. The summed E-state index contributed by atoms with van der Waals surface area (Å²) in [5, 5.41) is 16.0. The van der Waals surface area contributed by atoms with E-state index in [0.29, 0.717) is 17.4 Å². The van der Waals surface area contributed by atoms with Gasteiger partial charge in [-0.1, -0.05) is 99.2 Å². The molecular formula is C41H47N3OS. The molecule has 3 aromatic heterocycles. The number of fused-ring (bicyclic) bond motifs is 4. The van der Waals surface area contributed by atoms with Gasteiger partial charge in [-0.25, -0.2) is 9.97 Å². The summed E-state index contributed by atoms with van der Waals surface area (Å²) in [6, 6.07) is 22.2. The number of aryl methyl sites for hydroxylation is 1. The van der Waals surface area contributed by atoms with Gasteiger partial charge >= 0.3 is 0 Å². The van der Waals surface area contributed by atoms with E-state index >= 15 is 0 Å². The largest absolute Gasteiger partial charge is 0.505 e. The summed E-state index contributed by atoms with van der Waals surface area (Å²) in [6.45, 7) is 24.2. The Hall–Kier alpha value is -3.83. The van der Waals surface area contributed by atoms with Crippen LogP contribution in [-0.4, -0.2) is 19.6 Å². The van der Waals surface area contributed by atoms with Gasteiger partial charge in [-0.3, -0.25) is 4.57 Å². The van der Waals surface area contributed by atoms with Gasteiger partial charge in [0.05, 0.1) is 11.0 Å². The first kappa shape index (κ1) is 32.1. The van der Waals surface area contributed by atoms with Crippen molar-refractivity contribution in [3.63, 3.8) is 0 Å². The van der Waals surface area contributed by atoms with E-state index in [2.05, 4.69) is 135 Å². The molecule has 0 saturated heterocycles. The minimum absolute atomic E-state index is 0.131. The minimum atomic E-state index is -0.201. The van der Waals surface area contributed by atoms with Gasteiger partial charge < -0.3 is 5.11 Å². The Balaban J connectivity index is 1.64. The van der Waals surface area contributed by atoms with E-state index in [1.807, 2.05) is 12.3 Å². The molecule has 0 amide bonds. The number of phenols is 1. The van der Waals surface area contributed by atoms with Crippen molar-refractivity contribution in [3.05, 3.63) is 94.7 Å². The predicted molar refractivity (Wildman–Crippen MR) is 196 cm³/mol. The number of aromatic nitrogens is 3. The molecule has 0 aliphatic rings. The molecule has 0 saturated carbocycles. The highest BCUT2D eigenvalue weighted by Gasteiger charge is 2.26. The standard InChI is InChI=1S/C41H47N3OS/c1-23(2)26-12-15-33-29(19-26)30-20-28(24(3)4)35(22-34(30)44(33)36-18-25(5)16-17-42-36)46-37-21-32(41(9,10)11)27-13-14-31(40(6,7)8)39(45)38(27)43-37/h12-24,45H,1-11H3. The summed E-state index contributed by atoms with van der Waals surface area (Å²) in [6.07, 6.45) is 1.90. The van der Waals surface area contributed by atoms with Crippen molar-refractivity contribution < 1.29 is 5.11 Å². The molecule has 0 unspecified atom stereocenters. The second kappa shape index (κ2) is 11.5. The number of benzene rings is 3. The van der Waals surface area contributed by atoms with Crippen molar-refractivity contribution in [3.8, 4) is 11.6 Å². The zero-order valence-corrected chi connectivity index (χ0v) is 30.0. The van der Waals surface area contributed by atoms with Crippen LogP contribution in [0.4, 0.5) is 0 Å². The fourth-order valence-electron chi connectivity index (χ4n) is 6.51. The molecule has 0 spiro atoms. The normalized spacial score (nSPS) is 12.8. The third kappa shape index (κ3) is 5.68. The van der Waals surface area contributed by atoms with E-state index in [0.717, 1.165) is 32.8 Å². The van der Waals surface area contributed by atoms with Crippen molar-refractivity contribution in [1.29, 1.82) is 0 Å². The molecule has 0 aliphatic carbocycles. The molecule has 5 heteroatoms. The highest BCUT2D eigenvalue weighted by Crippen LogP contribution is 2.44. The number of nitrogens with zero attached hydrogens (tertiary/aromatic N) is 3. The molecule has 238 valence electrons. The van der Waals surface area contributed by atoms with Gasteiger partial charge in [0.1, 0.15) is 22.1 Å². The molecule has 6 rings (SSSR count). The summed E-state index contributed by atoms with van der Waals surface area (Å²) < 4.78 is 2.31. The third-order valence-electron chi connectivity index (χ3n) is 9.10. The van der Waals surface area contributed by atoms with Crippen LogP contribution in [0.3, 0.4) is 0 Å². The fraction of sp³-hybridized carbons (Fsp3) is 0.366. The second-order valence-corrected chi connectivity index (χ2v) is 16.6. The number of hydrogen-bond donors (Lipinski definition) is 1. The number of aromatic hydroxyl groups is 1. The predicted octanol–water partition coefficient (Wildman–Crippen LogP) is 11.7. The Morgan fingerprint density at radius 2 is 1.41 bits per heavy atom. The second-order valence-electron chi connectivity index (χ2n) is 15.5. The first-order valence-corrected chi connectivity index (χ1v) is 17.3. The molecule has 1 N–H and O–H groups in total. The Morgan fingerprint density at radius 1 is 0.717 bits per heavy atom. The van der Waals surface area contributed by atoms with Crippen LogP contribution < -0.4 is 0 Å². The van der Waals surface area contributed by atoms with E-state index in [4.69, 9.17) is 9.97 Å². The SMILES string of the molecule is Cc1ccnc(-n2c3ccc(C(C)C)cc3c3cc(C(C)C)c(Sc4cc(C(C)(C)C)c5ccc(C(C)(C)C)c(O)c5n4)cc32)c1. The maximum Gasteiger partial charge on any atom is 0.145 e. The maximum absolute atomic E-state index is 11.6. The molecule has 0 fully saturated rings. The van der Waals surface area contributed by atoms with Gasteiger partial charge in [-0.15, -0.1) is 0 Å². The quantitative estimate of drug-likeness (QED) is 0.206. The van der Waals surface area contributed by atoms with Crippen LogP contribution in [0.15, 0.2) is 76.8 Å². The molecule has 46 heavy (non-hydrogen) atoms. The highest BCUT2D eigenvalue weighted by molar-refractivity contribution is 7.99. The summed E-state index contributed by atoms with van der Waals surface area (Å²) in [7, 11) is 0. The Kier molecular flexibility index (Phi) is 8.00. The van der Waals surface area contributed by atoms with E-state index in [9.17, 15) is 5.11 Å². The topological polar surface area (TPSA) is 50.9 Å². The lowest BCUT2D eigenvalue weighted by Gasteiger charge is -2.25. The van der Waals surface area contributed by atoms with Gasteiger partial charge in [0.2, 0.25) is 0 Å². The Morgan fingerprint density at radius 3 is 2.04 bits per heavy atom. The van der Waals surface area contributed by atoms with E-state index in [-0.39, 0.29) is 16.6 Å². The van der Waals surface area contributed by atoms with E-state index < -0.39 is 0 Å². The monoisotopic (exact) mass is 629 g/mol. The fourth-order valence-corrected chi connectivity index (χ4v) is 7.64. The van der Waals surface area contributed by atoms with Crippen molar-refractivity contribution in [1.82, 2.24) is 14.5 Å². The number of hydrogen-bond acceptors (Lipinski definition) is 4. The molecule has 0 atom stereocenters. The molecular weight excluding hydrogens is 583 g/mol. The first-order chi connectivity index (χ1) is 21.5. The van der Waals surface area contributed by atoms with Gasteiger partial charge in [-0.2, -0.15) is 0 Å². The van der Waals surface area contributed by atoms with E-state index in [1.165, 1.54) is 37.9 Å². The molecule has 6 aromatic rings.